The van der Waals surface area contributed by atoms with Gasteiger partial charge in [0.2, 0.25) is 11.8 Å². The van der Waals surface area contributed by atoms with Crippen LogP contribution in [0.5, 0.6) is 5.75 Å². The quantitative estimate of drug-likeness (QED) is 0.782. The van der Waals surface area contributed by atoms with Crippen LogP contribution in [0.2, 0.25) is 0 Å². The summed E-state index contributed by atoms with van der Waals surface area (Å²) in [4.78, 5) is 26.3. The van der Waals surface area contributed by atoms with E-state index in [-0.39, 0.29) is 17.7 Å². The first-order chi connectivity index (χ1) is 13.2. The molecule has 1 aliphatic heterocycles. The van der Waals surface area contributed by atoms with Crippen molar-refractivity contribution in [2.75, 3.05) is 20.2 Å². The van der Waals surface area contributed by atoms with Gasteiger partial charge in [0.15, 0.2) is 0 Å². The van der Waals surface area contributed by atoms with Crippen molar-refractivity contribution in [3.8, 4) is 5.75 Å². The molecule has 1 saturated heterocycles. The highest BCUT2D eigenvalue weighted by Crippen LogP contribution is 2.20. The number of aryl methyl sites for hydroxylation is 1. The molecule has 1 aliphatic rings. The molecule has 0 spiro atoms. The van der Waals surface area contributed by atoms with Crippen molar-refractivity contribution in [1.82, 2.24) is 10.2 Å². The van der Waals surface area contributed by atoms with Crippen LogP contribution in [-0.2, 0) is 22.6 Å². The molecule has 3 rings (SSSR count). The Morgan fingerprint density at radius 1 is 1.15 bits per heavy atom. The largest absolute Gasteiger partial charge is 0.496 e. The van der Waals surface area contributed by atoms with Gasteiger partial charge >= 0.3 is 0 Å². The number of ether oxygens (including phenoxy) is 1. The molecule has 0 saturated carbocycles. The zero-order valence-corrected chi connectivity index (χ0v) is 15.7. The van der Waals surface area contributed by atoms with Gasteiger partial charge < -0.3 is 15.0 Å². The maximum atomic E-state index is 12.2. The number of nitrogens with zero attached hydrogens (tertiary/aromatic N) is 1. The number of para-hydroxylation sites is 1. The van der Waals surface area contributed by atoms with E-state index in [0.29, 0.717) is 38.9 Å². The van der Waals surface area contributed by atoms with Gasteiger partial charge in [0, 0.05) is 38.4 Å². The fourth-order valence-corrected chi connectivity index (χ4v) is 3.45. The summed E-state index contributed by atoms with van der Waals surface area (Å²) in [7, 11) is 1.64. The topological polar surface area (TPSA) is 58.6 Å². The lowest BCUT2D eigenvalue weighted by molar-refractivity contribution is -0.128. The first-order valence-electron chi connectivity index (χ1n) is 9.36. The third kappa shape index (κ3) is 5.33. The minimum Gasteiger partial charge on any atom is -0.496 e. The third-order valence-electron chi connectivity index (χ3n) is 4.91. The fourth-order valence-electron chi connectivity index (χ4n) is 3.45. The van der Waals surface area contributed by atoms with Crippen molar-refractivity contribution < 1.29 is 14.3 Å². The second-order valence-corrected chi connectivity index (χ2v) is 6.95. The molecule has 0 bridgehead atoms. The summed E-state index contributed by atoms with van der Waals surface area (Å²) >= 11 is 0. The average molecular weight is 366 g/mol. The fraction of sp³-hybridized carbons (Fsp3) is 0.364. The SMILES string of the molecule is COc1ccccc1CCC(=O)NCC1CC(=O)N(Cc2ccccc2)C1. The standard InChI is InChI=1S/C22H26N2O3/c1-27-20-10-6-5-9-19(20)11-12-21(25)23-14-18-13-22(26)24(16-18)15-17-7-3-2-4-8-17/h2-10,18H,11-16H2,1H3,(H,23,25). The van der Waals surface area contributed by atoms with E-state index in [0.717, 1.165) is 16.9 Å². The second-order valence-electron chi connectivity index (χ2n) is 6.95. The van der Waals surface area contributed by atoms with E-state index in [1.165, 1.54) is 0 Å². The van der Waals surface area contributed by atoms with Gasteiger partial charge in [-0.1, -0.05) is 48.5 Å². The van der Waals surface area contributed by atoms with Crippen LogP contribution in [0.1, 0.15) is 24.0 Å². The number of likely N-dealkylation sites (tertiary alicyclic amines) is 1. The maximum Gasteiger partial charge on any atom is 0.223 e. The molecule has 5 heteroatoms. The lowest BCUT2D eigenvalue weighted by atomic mass is 10.1. The molecule has 1 unspecified atom stereocenters. The molecule has 0 aliphatic carbocycles. The van der Waals surface area contributed by atoms with Crippen LogP contribution in [0.15, 0.2) is 54.6 Å². The number of rotatable bonds is 8. The van der Waals surface area contributed by atoms with E-state index < -0.39 is 0 Å². The van der Waals surface area contributed by atoms with Gasteiger partial charge in [-0.2, -0.15) is 0 Å². The van der Waals surface area contributed by atoms with Gasteiger partial charge in [-0.3, -0.25) is 9.59 Å². The van der Waals surface area contributed by atoms with E-state index in [1.807, 2.05) is 59.5 Å². The molecular weight excluding hydrogens is 340 g/mol. The smallest absolute Gasteiger partial charge is 0.223 e. The number of amides is 2. The van der Waals surface area contributed by atoms with Crippen LogP contribution in [0.3, 0.4) is 0 Å². The summed E-state index contributed by atoms with van der Waals surface area (Å²) in [5.41, 5.74) is 2.16. The minimum absolute atomic E-state index is 0.00913. The van der Waals surface area contributed by atoms with Crippen molar-refractivity contribution in [1.29, 1.82) is 0 Å². The van der Waals surface area contributed by atoms with Crippen LogP contribution in [0.4, 0.5) is 0 Å². The van der Waals surface area contributed by atoms with Crippen LogP contribution >= 0.6 is 0 Å². The van der Waals surface area contributed by atoms with Crippen molar-refractivity contribution in [2.24, 2.45) is 5.92 Å². The van der Waals surface area contributed by atoms with E-state index in [9.17, 15) is 9.59 Å². The third-order valence-corrected chi connectivity index (χ3v) is 4.91. The summed E-state index contributed by atoms with van der Waals surface area (Å²) in [6.07, 6.45) is 1.55. The van der Waals surface area contributed by atoms with Crippen molar-refractivity contribution >= 4 is 11.8 Å². The summed E-state index contributed by atoms with van der Waals surface area (Å²) < 4.78 is 5.32. The summed E-state index contributed by atoms with van der Waals surface area (Å²) in [5, 5.41) is 2.98. The van der Waals surface area contributed by atoms with E-state index in [1.54, 1.807) is 7.11 Å². The van der Waals surface area contributed by atoms with Gasteiger partial charge in [-0.05, 0) is 23.6 Å². The molecule has 2 aromatic carbocycles. The molecular formula is C22H26N2O3. The summed E-state index contributed by atoms with van der Waals surface area (Å²) in [6, 6.07) is 17.7. The summed E-state index contributed by atoms with van der Waals surface area (Å²) in [6.45, 7) is 1.88. The normalized spacial score (nSPS) is 16.4. The molecule has 27 heavy (non-hydrogen) atoms. The monoisotopic (exact) mass is 366 g/mol. The van der Waals surface area contributed by atoms with Crippen molar-refractivity contribution in [3.05, 3.63) is 65.7 Å². The first-order valence-corrected chi connectivity index (χ1v) is 9.36. The Kier molecular flexibility index (Phi) is 6.47. The molecule has 0 radical (unpaired) electrons. The predicted octanol–water partition coefficient (Wildman–Crippen LogP) is 2.79. The molecule has 2 amide bonds. The zero-order valence-electron chi connectivity index (χ0n) is 15.7. The molecule has 2 aromatic rings. The van der Waals surface area contributed by atoms with Crippen LogP contribution in [-0.4, -0.2) is 36.9 Å². The molecule has 1 heterocycles. The summed E-state index contributed by atoms with van der Waals surface area (Å²) in [5.74, 6) is 1.15. The number of nitrogens with one attached hydrogen (secondary N) is 1. The van der Waals surface area contributed by atoms with Crippen LogP contribution in [0, 0.1) is 5.92 Å². The van der Waals surface area contributed by atoms with Crippen molar-refractivity contribution in [2.45, 2.75) is 25.8 Å². The zero-order chi connectivity index (χ0) is 19.1. The Bertz CT molecular complexity index is 776. The molecule has 142 valence electrons. The highest BCUT2D eigenvalue weighted by atomic mass is 16.5. The Morgan fingerprint density at radius 2 is 1.89 bits per heavy atom. The van der Waals surface area contributed by atoms with Crippen molar-refractivity contribution in [3.63, 3.8) is 0 Å². The number of hydrogen-bond acceptors (Lipinski definition) is 3. The number of carbonyl (C=O) groups excluding carboxylic acids is 2. The number of benzene rings is 2. The van der Waals surface area contributed by atoms with Gasteiger partial charge in [0.05, 0.1) is 7.11 Å². The Morgan fingerprint density at radius 3 is 2.67 bits per heavy atom. The molecule has 5 nitrogen and oxygen atoms in total. The first kappa shape index (κ1) is 19.0. The Hall–Kier alpha value is -2.82. The predicted molar refractivity (Wildman–Crippen MR) is 104 cm³/mol. The average Bonchev–Trinajstić information content (AvgIpc) is 3.05. The van der Waals surface area contributed by atoms with Crippen LogP contribution in [0.25, 0.3) is 0 Å². The molecule has 1 N–H and O–H groups in total. The van der Waals surface area contributed by atoms with Gasteiger partial charge in [-0.15, -0.1) is 0 Å². The number of hydrogen-bond donors (Lipinski definition) is 1. The van der Waals surface area contributed by atoms with Gasteiger partial charge in [0.1, 0.15) is 5.75 Å². The van der Waals surface area contributed by atoms with Crippen LogP contribution < -0.4 is 10.1 Å². The Balaban J connectivity index is 1.42. The second kappa shape index (κ2) is 9.21. The number of methoxy groups -OCH3 is 1. The van der Waals surface area contributed by atoms with E-state index in [2.05, 4.69) is 5.32 Å². The molecule has 1 fully saturated rings. The van der Waals surface area contributed by atoms with Gasteiger partial charge in [0.25, 0.3) is 0 Å². The highest BCUT2D eigenvalue weighted by molar-refractivity contribution is 5.79. The maximum absolute atomic E-state index is 12.2. The van der Waals surface area contributed by atoms with E-state index in [4.69, 9.17) is 4.74 Å². The van der Waals surface area contributed by atoms with Gasteiger partial charge in [-0.25, -0.2) is 0 Å². The molecule has 0 aromatic heterocycles. The lowest BCUT2D eigenvalue weighted by Crippen LogP contribution is -2.31. The lowest BCUT2D eigenvalue weighted by Gasteiger charge is -2.17. The highest BCUT2D eigenvalue weighted by Gasteiger charge is 2.29. The number of carbonyl (C=O) groups is 2. The minimum atomic E-state index is 0.00913. The van der Waals surface area contributed by atoms with E-state index >= 15 is 0 Å². The molecule has 1 atom stereocenters. The Labute approximate surface area is 160 Å².